The monoisotopic (exact) mass is 683 g/mol. The van der Waals surface area contributed by atoms with Crippen molar-refractivity contribution in [3.63, 3.8) is 0 Å². The molecule has 284 valence electrons. The maximum absolute atomic E-state index is 14.0. The molecule has 0 aliphatic heterocycles. The number of unbranched alkanes of at least 4 members (excludes halogenated alkanes) is 14. The predicted molar refractivity (Wildman–Crippen MR) is 207 cm³/mol. The number of hydrogen-bond acceptors (Lipinski definition) is 3. The molecule has 5 rings (SSSR count). The van der Waals surface area contributed by atoms with E-state index in [1.54, 1.807) is 0 Å². The molecule has 5 saturated carbocycles. The number of hydrogen-bond donors (Lipinski definition) is 0. The minimum Gasteiger partial charge on any atom is -0.378 e. The van der Waals surface area contributed by atoms with Gasteiger partial charge < -0.3 is 9.47 Å². The molecule has 2 spiro atoms. The minimum atomic E-state index is 0.0874. The van der Waals surface area contributed by atoms with E-state index in [9.17, 15) is 4.79 Å². The van der Waals surface area contributed by atoms with Crippen LogP contribution in [0.3, 0.4) is 0 Å². The third-order valence-corrected chi connectivity index (χ3v) is 15.1. The third-order valence-electron chi connectivity index (χ3n) is 15.1. The molecule has 5 fully saturated rings. The molecule has 5 aliphatic carbocycles. The van der Waals surface area contributed by atoms with Crippen LogP contribution in [-0.2, 0) is 14.3 Å². The Balaban J connectivity index is 0.886. The van der Waals surface area contributed by atoms with Gasteiger partial charge in [0.05, 0.1) is 12.2 Å². The van der Waals surface area contributed by atoms with Crippen molar-refractivity contribution in [2.45, 2.75) is 238 Å². The summed E-state index contributed by atoms with van der Waals surface area (Å²) < 4.78 is 12.7. The van der Waals surface area contributed by atoms with Gasteiger partial charge in [-0.1, -0.05) is 104 Å². The van der Waals surface area contributed by atoms with Crippen molar-refractivity contribution >= 4 is 5.78 Å². The Morgan fingerprint density at radius 3 is 1.06 bits per heavy atom. The molecule has 0 aromatic carbocycles. The van der Waals surface area contributed by atoms with Crippen molar-refractivity contribution in [1.29, 1.82) is 0 Å². The fraction of sp³-hybridized carbons (Fsp3) is 0.978. The molecule has 0 atom stereocenters. The SMILES string of the molecule is CCCCCCCCCCOC1CCC(C2CCC3(CC2)CC2(CCC(C4CCC(OCCCCCCCCCC)CC4)CC2)C3=O)CC1. The van der Waals surface area contributed by atoms with E-state index in [-0.39, 0.29) is 10.8 Å². The highest BCUT2D eigenvalue weighted by Gasteiger charge is 2.63. The molecular weight excluding hydrogens is 601 g/mol. The first-order valence-corrected chi connectivity index (χ1v) is 22.9. The third kappa shape index (κ3) is 11.8. The molecule has 49 heavy (non-hydrogen) atoms. The summed E-state index contributed by atoms with van der Waals surface area (Å²) in [6.07, 6.45) is 45.0. The quantitative estimate of drug-likeness (QED) is 0.107. The first kappa shape index (κ1) is 39.8. The van der Waals surface area contributed by atoms with Crippen LogP contribution in [0.1, 0.15) is 226 Å². The lowest BCUT2D eigenvalue weighted by Crippen LogP contribution is -2.60. The summed E-state index contributed by atoms with van der Waals surface area (Å²) in [6, 6.07) is 0. The van der Waals surface area contributed by atoms with Gasteiger partial charge in [0.2, 0.25) is 0 Å². The van der Waals surface area contributed by atoms with Crippen LogP contribution in [0.5, 0.6) is 0 Å². The van der Waals surface area contributed by atoms with Crippen LogP contribution < -0.4 is 0 Å². The number of carbonyl (C=O) groups excluding carboxylic acids is 1. The molecule has 0 N–H and O–H groups in total. The molecule has 0 saturated heterocycles. The van der Waals surface area contributed by atoms with Crippen molar-refractivity contribution < 1.29 is 14.3 Å². The molecule has 3 heteroatoms. The van der Waals surface area contributed by atoms with Gasteiger partial charge in [0, 0.05) is 24.0 Å². The fourth-order valence-electron chi connectivity index (χ4n) is 11.8. The Bertz CT molecular complexity index is 810. The average molecular weight is 683 g/mol. The first-order chi connectivity index (χ1) is 24.1. The lowest BCUT2D eigenvalue weighted by molar-refractivity contribution is -0.170. The van der Waals surface area contributed by atoms with Crippen LogP contribution in [0.4, 0.5) is 0 Å². The zero-order chi connectivity index (χ0) is 34.2. The number of Topliss-reactive ketones (excluding diaryl/α,β-unsaturated/α-hetero) is 1. The Labute approximate surface area is 305 Å². The van der Waals surface area contributed by atoms with Gasteiger partial charge in [0.15, 0.2) is 0 Å². The normalized spacial score (nSPS) is 35.2. The highest BCUT2D eigenvalue weighted by atomic mass is 16.5. The van der Waals surface area contributed by atoms with Gasteiger partial charge in [-0.15, -0.1) is 0 Å². The number of carbonyl (C=O) groups is 1. The number of ether oxygens (including phenoxy) is 2. The second-order valence-corrected chi connectivity index (χ2v) is 18.5. The van der Waals surface area contributed by atoms with Crippen molar-refractivity contribution in [2.75, 3.05) is 13.2 Å². The smallest absolute Gasteiger partial charge is 0.145 e. The van der Waals surface area contributed by atoms with E-state index in [1.165, 1.54) is 212 Å². The maximum atomic E-state index is 14.0. The second kappa shape index (κ2) is 21.3. The Kier molecular flexibility index (Phi) is 17.3. The summed E-state index contributed by atoms with van der Waals surface area (Å²) in [5.41, 5.74) is 0.175. The summed E-state index contributed by atoms with van der Waals surface area (Å²) in [4.78, 5) is 14.0. The summed E-state index contributed by atoms with van der Waals surface area (Å²) in [5.74, 6) is 4.27. The highest BCUT2D eigenvalue weighted by Crippen LogP contribution is 2.65. The lowest BCUT2D eigenvalue weighted by Gasteiger charge is -2.60. The molecular formula is C46H82O3. The maximum Gasteiger partial charge on any atom is 0.145 e. The van der Waals surface area contributed by atoms with Crippen molar-refractivity contribution in [2.24, 2.45) is 34.5 Å². The van der Waals surface area contributed by atoms with Crippen LogP contribution >= 0.6 is 0 Å². The minimum absolute atomic E-state index is 0.0874. The molecule has 0 amide bonds. The predicted octanol–water partition coefficient (Wildman–Crippen LogP) is 13.7. The fourth-order valence-corrected chi connectivity index (χ4v) is 11.8. The number of rotatable bonds is 22. The first-order valence-electron chi connectivity index (χ1n) is 22.9. The highest BCUT2D eigenvalue weighted by molar-refractivity contribution is 5.96. The van der Waals surface area contributed by atoms with E-state index in [1.807, 2.05) is 0 Å². The average Bonchev–Trinajstić information content (AvgIpc) is 3.14. The summed E-state index contributed by atoms with van der Waals surface area (Å²) in [7, 11) is 0. The molecule has 0 aromatic heterocycles. The van der Waals surface area contributed by atoms with Crippen LogP contribution in [0.15, 0.2) is 0 Å². The van der Waals surface area contributed by atoms with Gasteiger partial charge in [-0.2, -0.15) is 0 Å². The van der Waals surface area contributed by atoms with Crippen molar-refractivity contribution in [3.05, 3.63) is 0 Å². The zero-order valence-electron chi connectivity index (χ0n) is 32.9. The zero-order valence-corrected chi connectivity index (χ0v) is 32.9. The van der Waals surface area contributed by atoms with E-state index in [0.29, 0.717) is 12.2 Å². The summed E-state index contributed by atoms with van der Waals surface area (Å²) in [5, 5.41) is 0. The topological polar surface area (TPSA) is 35.5 Å². The number of ketones is 1. The molecule has 0 heterocycles. The van der Waals surface area contributed by atoms with Gasteiger partial charge in [-0.3, -0.25) is 4.79 Å². The lowest BCUT2D eigenvalue weighted by atomic mass is 9.42. The van der Waals surface area contributed by atoms with Crippen molar-refractivity contribution in [3.8, 4) is 0 Å². The standard InChI is InChI=1S/C46H82O3/c1-3-5-7-9-11-13-15-17-35-48-42-23-19-38(20-24-42)40-27-31-45(32-28-40)37-46(44(45)47)33-29-41(30-34-46)39-21-25-43(26-22-39)49-36-18-16-14-12-10-8-6-4-2/h38-43H,3-37H2,1-2H3. The summed E-state index contributed by atoms with van der Waals surface area (Å²) in [6.45, 7) is 6.56. The Morgan fingerprint density at radius 1 is 0.429 bits per heavy atom. The summed E-state index contributed by atoms with van der Waals surface area (Å²) >= 11 is 0. The molecule has 3 nitrogen and oxygen atoms in total. The van der Waals surface area contributed by atoms with Crippen molar-refractivity contribution in [1.82, 2.24) is 0 Å². The van der Waals surface area contributed by atoms with Gasteiger partial charge in [0.1, 0.15) is 5.78 Å². The van der Waals surface area contributed by atoms with E-state index in [2.05, 4.69) is 13.8 Å². The van der Waals surface area contributed by atoms with E-state index in [4.69, 9.17) is 9.47 Å². The van der Waals surface area contributed by atoms with Gasteiger partial charge in [-0.25, -0.2) is 0 Å². The van der Waals surface area contributed by atoms with Crippen LogP contribution in [0.25, 0.3) is 0 Å². The van der Waals surface area contributed by atoms with E-state index < -0.39 is 0 Å². The van der Waals surface area contributed by atoms with Gasteiger partial charge in [-0.05, 0) is 146 Å². The van der Waals surface area contributed by atoms with Crippen LogP contribution in [-0.4, -0.2) is 31.2 Å². The Hall–Kier alpha value is -0.410. The van der Waals surface area contributed by atoms with Gasteiger partial charge >= 0.3 is 0 Å². The van der Waals surface area contributed by atoms with E-state index >= 15 is 0 Å². The van der Waals surface area contributed by atoms with Crippen LogP contribution in [0, 0.1) is 34.5 Å². The van der Waals surface area contributed by atoms with Gasteiger partial charge in [0.25, 0.3) is 0 Å². The molecule has 0 aromatic rings. The second-order valence-electron chi connectivity index (χ2n) is 18.5. The largest absolute Gasteiger partial charge is 0.378 e. The molecule has 0 unspecified atom stereocenters. The van der Waals surface area contributed by atoms with Crippen LogP contribution in [0.2, 0.25) is 0 Å². The molecule has 0 radical (unpaired) electrons. The Morgan fingerprint density at radius 2 is 0.735 bits per heavy atom. The van der Waals surface area contributed by atoms with E-state index in [0.717, 1.165) is 42.7 Å². The molecule has 0 bridgehead atoms. The molecule has 5 aliphatic rings.